The van der Waals surface area contributed by atoms with Gasteiger partial charge in [0.2, 0.25) is 0 Å². The third-order valence-electron chi connectivity index (χ3n) is 3.20. The number of halogens is 1. The third kappa shape index (κ3) is 1.76. The van der Waals surface area contributed by atoms with Gasteiger partial charge in [-0.15, -0.1) is 0 Å². The van der Waals surface area contributed by atoms with Crippen LogP contribution in [0.1, 0.15) is 32.9 Å². The zero-order valence-electron chi connectivity index (χ0n) is 9.39. The van der Waals surface area contributed by atoms with Crippen LogP contribution in [0.4, 0.5) is 4.39 Å². The Hall–Kier alpha value is -1.31. The van der Waals surface area contributed by atoms with Crippen LogP contribution in [0.3, 0.4) is 0 Å². The molecule has 2 rings (SSSR count). The second-order valence-corrected chi connectivity index (χ2v) is 4.65. The van der Waals surface area contributed by atoms with Crippen LogP contribution in [0.5, 0.6) is 0 Å². The Balaban J connectivity index is 2.56. The van der Waals surface area contributed by atoms with Crippen molar-refractivity contribution in [3.05, 3.63) is 35.8 Å². The van der Waals surface area contributed by atoms with Gasteiger partial charge in [0, 0.05) is 16.6 Å². The molecule has 1 aromatic heterocycles. The summed E-state index contributed by atoms with van der Waals surface area (Å²) in [6.07, 6.45) is 1.06. The first-order chi connectivity index (χ1) is 7.03. The molecule has 0 saturated heterocycles. The highest BCUT2D eigenvalue weighted by atomic mass is 19.1. The average Bonchev–Trinajstić information content (AvgIpc) is 2.61. The lowest BCUT2D eigenvalue weighted by atomic mass is 9.87. The Morgan fingerprint density at radius 2 is 2.00 bits per heavy atom. The molecule has 2 aromatic rings. The lowest BCUT2D eigenvalue weighted by Crippen LogP contribution is -2.15. The topological polar surface area (TPSA) is 15.8 Å². The molecule has 0 aliphatic carbocycles. The predicted octanol–water partition coefficient (Wildman–Crippen LogP) is 3.99. The van der Waals surface area contributed by atoms with Gasteiger partial charge in [0.15, 0.2) is 0 Å². The minimum atomic E-state index is -0.190. The van der Waals surface area contributed by atoms with Gasteiger partial charge in [-0.05, 0) is 36.1 Å². The van der Waals surface area contributed by atoms with E-state index in [4.69, 9.17) is 0 Å². The normalized spacial score (nSPS) is 12.3. The lowest BCUT2D eigenvalue weighted by molar-refractivity contribution is 0.494. The van der Waals surface area contributed by atoms with Crippen LogP contribution in [-0.4, -0.2) is 4.98 Å². The van der Waals surface area contributed by atoms with Crippen molar-refractivity contribution in [3.8, 4) is 0 Å². The van der Waals surface area contributed by atoms with Crippen LogP contribution in [0.2, 0.25) is 0 Å². The Labute approximate surface area is 89.3 Å². The summed E-state index contributed by atoms with van der Waals surface area (Å²) in [5, 5.41) is 1.08. The molecule has 0 spiro atoms. The highest BCUT2D eigenvalue weighted by molar-refractivity contribution is 5.80. The van der Waals surface area contributed by atoms with Crippen LogP contribution in [0.25, 0.3) is 10.9 Å². The van der Waals surface area contributed by atoms with Gasteiger partial charge in [0.05, 0.1) is 0 Å². The van der Waals surface area contributed by atoms with Crippen molar-refractivity contribution in [1.29, 1.82) is 0 Å². The average molecular weight is 205 g/mol. The SMILES string of the molecule is CCC(C)(C)c1cc2ccc(F)cc2[nH]1. The summed E-state index contributed by atoms with van der Waals surface area (Å²) < 4.78 is 13.0. The standard InChI is InChI=1S/C13H16FN/c1-4-13(2,3)12-7-9-5-6-10(14)8-11(9)15-12/h5-8,15H,4H2,1-3H3. The van der Waals surface area contributed by atoms with Crippen molar-refractivity contribution < 1.29 is 4.39 Å². The molecule has 0 aliphatic rings. The van der Waals surface area contributed by atoms with E-state index in [1.54, 1.807) is 6.07 Å². The number of rotatable bonds is 2. The second kappa shape index (κ2) is 3.37. The fourth-order valence-corrected chi connectivity index (χ4v) is 1.65. The maximum atomic E-state index is 13.0. The first kappa shape index (κ1) is 10.2. The molecule has 1 nitrogen and oxygen atoms in total. The number of fused-ring (bicyclic) bond motifs is 1. The first-order valence-corrected chi connectivity index (χ1v) is 5.32. The van der Waals surface area contributed by atoms with E-state index in [1.807, 2.05) is 6.07 Å². The maximum Gasteiger partial charge on any atom is 0.125 e. The molecule has 1 heterocycles. The molecule has 0 saturated carbocycles. The van der Waals surface area contributed by atoms with Crippen LogP contribution in [0.15, 0.2) is 24.3 Å². The molecular weight excluding hydrogens is 189 g/mol. The summed E-state index contributed by atoms with van der Waals surface area (Å²) in [6, 6.07) is 6.97. The van der Waals surface area contributed by atoms with Crippen molar-refractivity contribution in [3.63, 3.8) is 0 Å². The van der Waals surface area contributed by atoms with Gasteiger partial charge in [-0.3, -0.25) is 0 Å². The molecule has 0 atom stereocenters. The van der Waals surface area contributed by atoms with Crippen molar-refractivity contribution in [2.24, 2.45) is 0 Å². The minimum Gasteiger partial charge on any atom is -0.358 e. The fraction of sp³-hybridized carbons (Fsp3) is 0.385. The van der Waals surface area contributed by atoms with Gasteiger partial charge in [-0.25, -0.2) is 4.39 Å². The number of H-pyrrole nitrogens is 1. The van der Waals surface area contributed by atoms with Crippen molar-refractivity contribution in [2.75, 3.05) is 0 Å². The Morgan fingerprint density at radius 3 is 2.67 bits per heavy atom. The molecule has 15 heavy (non-hydrogen) atoms. The van der Waals surface area contributed by atoms with E-state index in [-0.39, 0.29) is 11.2 Å². The zero-order valence-corrected chi connectivity index (χ0v) is 9.39. The highest BCUT2D eigenvalue weighted by Gasteiger charge is 2.20. The number of hydrogen-bond acceptors (Lipinski definition) is 0. The van der Waals surface area contributed by atoms with Gasteiger partial charge >= 0.3 is 0 Å². The number of benzene rings is 1. The summed E-state index contributed by atoms with van der Waals surface area (Å²) in [6.45, 7) is 6.54. The Bertz CT molecular complexity index is 482. The molecule has 1 aromatic carbocycles. The summed E-state index contributed by atoms with van der Waals surface area (Å²) in [4.78, 5) is 3.29. The van der Waals surface area contributed by atoms with Gasteiger partial charge in [0.25, 0.3) is 0 Å². The number of aromatic nitrogens is 1. The van der Waals surface area contributed by atoms with Crippen molar-refractivity contribution in [2.45, 2.75) is 32.6 Å². The molecule has 0 amide bonds. The number of nitrogens with one attached hydrogen (secondary N) is 1. The fourth-order valence-electron chi connectivity index (χ4n) is 1.65. The van der Waals surface area contributed by atoms with Gasteiger partial charge in [-0.1, -0.05) is 20.8 Å². The summed E-state index contributed by atoms with van der Waals surface area (Å²) in [5.74, 6) is -0.190. The van der Waals surface area contributed by atoms with E-state index in [0.717, 1.165) is 17.3 Å². The van der Waals surface area contributed by atoms with Crippen LogP contribution < -0.4 is 0 Å². The maximum absolute atomic E-state index is 13.0. The number of aromatic amines is 1. The predicted molar refractivity (Wildman–Crippen MR) is 61.6 cm³/mol. The molecule has 0 bridgehead atoms. The molecule has 0 aliphatic heterocycles. The second-order valence-electron chi connectivity index (χ2n) is 4.65. The minimum absolute atomic E-state index is 0.121. The van der Waals surface area contributed by atoms with Crippen molar-refractivity contribution >= 4 is 10.9 Å². The van der Waals surface area contributed by atoms with E-state index >= 15 is 0 Å². The Morgan fingerprint density at radius 1 is 1.27 bits per heavy atom. The van der Waals surface area contributed by atoms with Crippen molar-refractivity contribution in [1.82, 2.24) is 4.98 Å². The lowest BCUT2D eigenvalue weighted by Gasteiger charge is -2.20. The Kier molecular flexibility index (Phi) is 2.29. The van der Waals surface area contributed by atoms with E-state index in [1.165, 1.54) is 11.8 Å². The molecule has 0 fully saturated rings. The highest BCUT2D eigenvalue weighted by Crippen LogP contribution is 2.29. The first-order valence-electron chi connectivity index (χ1n) is 5.32. The van der Waals surface area contributed by atoms with Crippen LogP contribution in [0, 0.1) is 5.82 Å². The monoisotopic (exact) mass is 205 g/mol. The third-order valence-corrected chi connectivity index (χ3v) is 3.20. The van der Waals surface area contributed by atoms with Gasteiger partial charge < -0.3 is 4.98 Å². The molecule has 80 valence electrons. The quantitative estimate of drug-likeness (QED) is 0.762. The molecule has 0 unspecified atom stereocenters. The molecule has 0 radical (unpaired) electrons. The zero-order chi connectivity index (χ0) is 11.1. The van der Waals surface area contributed by atoms with Crippen LogP contribution in [-0.2, 0) is 5.41 Å². The van der Waals surface area contributed by atoms with E-state index < -0.39 is 0 Å². The summed E-state index contributed by atoms with van der Waals surface area (Å²) in [7, 11) is 0. The summed E-state index contributed by atoms with van der Waals surface area (Å²) >= 11 is 0. The van der Waals surface area contributed by atoms with Gasteiger partial charge in [0.1, 0.15) is 5.82 Å². The van der Waals surface area contributed by atoms with Gasteiger partial charge in [-0.2, -0.15) is 0 Å². The number of hydrogen-bond donors (Lipinski definition) is 1. The largest absolute Gasteiger partial charge is 0.358 e. The molecule has 2 heteroatoms. The summed E-state index contributed by atoms with van der Waals surface area (Å²) in [5.41, 5.74) is 2.17. The van der Waals surface area contributed by atoms with E-state index in [9.17, 15) is 4.39 Å². The molecule has 1 N–H and O–H groups in total. The van der Waals surface area contributed by atoms with Crippen LogP contribution >= 0.6 is 0 Å². The van der Waals surface area contributed by atoms with E-state index in [2.05, 4.69) is 31.8 Å². The molecular formula is C13H16FN. The smallest absolute Gasteiger partial charge is 0.125 e. The van der Waals surface area contributed by atoms with E-state index in [0.29, 0.717) is 0 Å².